The Hall–Kier alpha value is -1.75. The molecule has 1 amide bonds. The van der Waals surface area contributed by atoms with Gasteiger partial charge in [0.05, 0.1) is 16.1 Å². The molecule has 0 aliphatic rings. The number of nitrogens with zero attached hydrogens (tertiary/aromatic N) is 3. The summed E-state index contributed by atoms with van der Waals surface area (Å²) in [5, 5.41) is 0.542. The van der Waals surface area contributed by atoms with Crippen LogP contribution in [-0.4, -0.2) is 34.0 Å². The molecule has 0 saturated carbocycles. The molecule has 102 valence electrons. The highest BCUT2D eigenvalue weighted by molar-refractivity contribution is 6.35. The maximum Gasteiger partial charge on any atom is 0.245 e. The standard InChI is InChI=1S/C13H17ClN4O/c1-4-17(3)12(19)8(2)18-11-9(14)6-5-7-10(11)16-13(18)15/h5-8H,4H2,1-3H3,(H2,15,16). The number of imidazole rings is 1. The predicted octanol–water partition coefficient (Wildman–Crippen LogP) is 2.31. The molecule has 0 fully saturated rings. The minimum absolute atomic E-state index is 0.0200. The summed E-state index contributed by atoms with van der Waals surface area (Å²) >= 11 is 6.20. The zero-order valence-corrected chi connectivity index (χ0v) is 12.0. The number of halogens is 1. The molecule has 5 nitrogen and oxygen atoms in total. The minimum Gasteiger partial charge on any atom is -0.369 e. The second-order valence-corrected chi connectivity index (χ2v) is 4.88. The van der Waals surface area contributed by atoms with Gasteiger partial charge in [0.1, 0.15) is 6.04 Å². The monoisotopic (exact) mass is 280 g/mol. The fraction of sp³-hybridized carbons (Fsp3) is 0.385. The first-order valence-corrected chi connectivity index (χ1v) is 6.52. The van der Waals surface area contributed by atoms with Crippen molar-refractivity contribution in [1.29, 1.82) is 0 Å². The summed E-state index contributed by atoms with van der Waals surface area (Å²) in [6, 6.07) is 4.97. The molecule has 1 aromatic heterocycles. The van der Waals surface area contributed by atoms with E-state index in [2.05, 4.69) is 4.98 Å². The molecule has 1 aromatic carbocycles. The largest absolute Gasteiger partial charge is 0.369 e. The van der Waals surface area contributed by atoms with Crippen LogP contribution in [0.3, 0.4) is 0 Å². The molecule has 0 aliphatic carbocycles. The fourth-order valence-electron chi connectivity index (χ4n) is 2.10. The number of likely N-dealkylation sites (N-methyl/N-ethyl adjacent to an activating group) is 1. The first-order chi connectivity index (χ1) is 8.97. The van der Waals surface area contributed by atoms with Gasteiger partial charge in [0.15, 0.2) is 0 Å². The number of hydrogen-bond donors (Lipinski definition) is 1. The Morgan fingerprint density at radius 3 is 2.89 bits per heavy atom. The van der Waals surface area contributed by atoms with Gasteiger partial charge in [0, 0.05) is 13.6 Å². The van der Waals surface area contributed by atoms with Gasteiger partial charge in [0.25, 0.3) is 0 Å². The van der Waals surface area contributed by atoms with Gasteiger partial charge in [-0.1, -0.05) is 17.7 Å². The predicted molar refractivity (Wildman–Crippen MR) is 77.2 cm³/mol. The number of anilines is 1. The Balaban J connectivity index is 2.56. The molecule has 6 heteroatoms. The molecule has 0 radical (unpaired) electrons. The number of fused-ring (bicyclic) bond motifs is 1. The van der Waals surface area contributed by atoms with Crippen LogP contribution in [0.5, 0.6) is 0 Å². The number of nitrogens with two attached hydrogens (primary N) is 1. The highest BCUT2D eigenvalue weighted by Gasteiger charge is 2.23. The van der Waals surface area contributed by atoms with Crippen LogP contribution in [0.4, 0.5) is 5.95 Å². The third-order valence-electron chi connectivity index (χ3n) is 3.28. The third kappa shape index (κ3) is 2.26. The molecule has 2 rings (SSSR count). The van der Waals surface area contributed by atoms with Crippen LogP contribution >= 0.6 is 11.6 Å². The van der Waals surface area contributed by atoms with Crippen molar-refractivity contribution in [2.75, 3.05) is 19.3 Å². The van der Waals surface area contributed by atoms with Crippen LogP contribution < -0.4 is 5.73 Å². The van der Waals surface area contributed by atoms with Crippen molar-refractivity contribution in [1.82, 2.24) is 14.5 Å². The molecular weight excluding hydrogens is 264 g/mol. The van der Waals surface area contributed by atoms with Crippen molar-refractivity contribution in [2.45, 2.75) is 19.9 Å². The maximum atomic E-state index is 12.3. The molecule has 1 unspecified atom stereocenters. The quantitative estimate of drug-likeness (QED) is 0.938. The van der Waals surface area contributed by atoms with Gasteiger partial charge in [-0.05, 0) is 26.0 Å². The van der Waals surface area contributed by atoms with E-state index in [1.165, 1.54) is 0 Å². The van der Waals surface area contributed by atoms with Crippen molar-refractivity contribution in [2.24, 2.45) is 0 Å². The average Bonchev–Trinajstić information content (AvgIpc) is 2.73. The van der Waals surface area contributed by atoms with E-state index < -0.39 is 6.04 Å². The maximum absolute atomic E-state index is 12.3. The van der Waals surface area contributed by atoms with Crippen LogP contribution in [-0.2, 0) is 4.79 Å². The number of amides is 1. The number of nitrogen functional groups attached to an aromatic ring is 1. The lowest BCUT2D eigenvalue weighted by atomic mass is 10.2. The van der Waals surface area contributed by atoms with Crippen molar-refractivity contribution >= 4 is 34.5 Å². The van der Waals surface area contributed by atoms with Crippen LogP contribution in [0.25, 0.3) is 11.0 Å². The van der Waals surface area contributed by atoms with E-state index in [4.69, 9.17) is 17.3 Å². The summed E-state index contributed by atoms with van der Waals surface area (Å²) in [5.41, 5.74) is 7.32. The second kappa shape index (κ2) is 5.09. The van der Waals surface area contributed by atoms with E-state index in [9.17, 15) is 4.79 Å². The number of para-hydroxylation sites is 1. The van der Waals surface area contributed by atoms with Gasteiger partial charge in [-0.25, -0.2) is 4.98 Å². The average molecular weight is 281 g/mol. The van der Waals surface area contributed by atoms with Crippen molar-refractivity contribution in [3.05, 3.63) is 23.2 Å². The topological polar surface area (TPSA) is 64.2 Å². The highest BCUT2D eigenvalue weighted by atomic mass is 35.5. The molecular formula is C13H17ClN4O. The summed E-state index contributed by atoms with van der Waals surface area (Å²) in [7, 11) is 1.76. The Bertz CT molecular complexity index is 622. The van der Waals surface area contributed by atoms with E-state index in [0.717, 1.165) is 0 Å². The van der Waals surface area contributed by atoms with Crippen LogP contribution in [0.15, 0.2) is 18.2 Å². The van der Waals surface area contributed by atoms with Crippen LogP contribution in [0.1, 0.15) is 19.9 Å². The molecule has 1 atom stereocenters. The number of aromatic nitrogens is 2. The number of hydrogen-bond acceptors (Lipinski definition) is 3. The van der Waals surface area contributed by atoms with Gasteiger partial charge >= 0.3 is 0 Å². The zero-order chi connectivity index (χ0) is 14.2. The lowest BCUT2D eigenvalue weighted by Gasteiger charge is -2.22. The van der Waals surface area contributed by atoms with E-state index in [-0.39, 0.29) is 5.91 Å². The summed E-state index contributed by atoms with van der Waals surface area (Å²) < 4.78 is 1.69. The first kappa shape index (κ1) is 13.7. The number of carbonyl (C=O) groups is 1. The van der Waals surface area contributed by atoms with Gasteiger partial charge in [-0.15, -0.1) is 0 Å². The molecule has 2 aromatic rings. The summed E-state index contributed by atoms with van der Waals surface area (Å²) in [5.74, 6) is 0.280. The molecule has 0 saturated heterocycles. The van der Waals surface area contributed by atoms with Crippen LogP contribution in [0.2, 0.25) is 5.02 Å². The molecule has 1 heterocycles. The number of carbonyl (C=O) groups excluding carboxylic acids is 1. The Morgan fingerprint density at radius 1 is 1.58 bits per heavy atom. The molecule has 0 spiro atoms. The SMILES string of the molecule is CCN(C)C(=O)C(C)n1c(N)nc2cccc(Cl)c21. The van der Waals surface area contributed by atoms with Crippen molar-refractivity contribution < 1.29 is 4.79 Å². The Morgan fingerprint density at radius 2 is 2.26 bits per heavy atom. The third-order valence-corrected chi connectivity index (χ3v) is 3.59. The van der Waals surface area contributed by atoms with Gasteiger partial charge in [-0.2, -0.15) is 0 Å². The van der Waals surface area contributed by atoms with Crippen molar-refractivity contribution in [3.63, 3.8) is 0 Å². The van der Waals surface area contributed by atoms with Gasteiger partial charge in [0.2, 0.25) is 11.9 Å². The smallest absolute Gasteiger partial charge is 0.245 e. The van der Waals surface area contributed by atoms with E-state index in [0.29, 0.717) is 28.5 Å². The Labute approximate surface area is 117 Å². The number of rotatable bonds is 3. The highest BCUT2D eigenvalue weighted by Crippen LogP contribution is 2.29. The van der Waals surface area contributed by atoms with Gasteiger partial charge in [-0.3, -0.25) is 9.36 Å². The molecule has 0 bridgehead atoms. The van der Waals surface area contributed by atoms with E-state index >= 15 is 0 Å². The normalized spacial score (nSPS) is 12.6. The van der Waals surface area contributed by atoms with Crippen molar-refractivity contribution in [3.8, 4) is 0 Å². The summed E-state index contributed by atoms with van der Waals surface area (Å²) in [6.45, 7) is 4.37. The fourth-order valence-corrected chi connectivity index (χ4v) is 2.36. The summed E-state index contributed by atoms with van der Waals surface area (Å²) in [6.07, 6.45) is 0. The lowest BCUT2D eigenvalue weighted by Crippen LogP contribution is -2.33. The molecule has 19 heavy (non-hydrogen) atoms. The van der Waals surface area contributed by atoms with E-state index in [1.807, 2.05) is 19.1 Å². The molecule has 0 aliphatic heterocycles. The zero-order valence-electron chi connectivity index (χ0n) is 11.2. The van der Waals surface area contributed by atoms with E-state index in [1.54, 1.807) is 29.5 Å². The lowest BCUT2D eigenvalue weighted by molar-refractivity contribution is -0.132. The summed E-state index contributed by atoms with van der Waals surface area (Å²) in [4.78, 5) is 18.2. The second-order valence-electron chi connectivity index (χ2n) is 4.48. The first-order valence-electron chi connectivity index (χ1n) is 6.14. The Kier molecular flexibility index (Phi) is 3.66. The molecule has 2 N–H and O–H groups in total. The van der Waals surface area contributed by atoms with Crippen LogP contribution in [0, 0.1) is 0 Å². The number of benzene rings is 1. The minimum atomic E-state index is -0.435. The van der Waals surface area contributed by atoms with Gasteiger partial charge < -0.3 is 10.6 Å².